The third-order valence-corrected chi connectivity index (χ3v) is 7.21. The largest absolute Gasteiger partial charge is 0.378 e. The molecule has 1 atom stereocenters. The summed E-state index contributed by atoms with van der Waals surface area (Å²) in [6, 6.07) is 19.6. The van der Waals surface area contributed by atoms with Crippen molar-refractivity contribution in [2.24, 2.45) is 0 Å². The number of ether oxygens (including phenoxy) is 1. The Bertz CT molecular complexity index is 1370. The van der Waals surface area contributed by atoms with Gasteiger partial charge in [0.25, 0.3) is 6.43 Å². The van der Waals surface area contributed by atoms with E-state index in [2.05, 4.69) is 44.4 Å². The molecule has 2 aliphatic heterocycles. The summed E-state index contributed by atoms with van der Waals surface area (Å²) in [5, 5.41) is 3.50. The normalized spacial score (nSPS) is 18.5. The minimum absolute atomic E-state index is 0.174. The zero-order chi connectivity index (χ0) is 25.9. The molecule has 0 saturated carbocycles. The number of nitrogens with zero attached hydrogens (tertiary/aromatic N) is 6. The summed E-state index contributed by atoms with van der Waals surface area (Å²) in [6.45, 7) is 5.40. The summed E-state index contributed by atoms with van der Waals surface area (Å²) < 4.78 is 35.2. The van der Waals surface area contributed by atoms with Gasteiger partial charge in [0.1, 0.15) is 11.6 Å². The van der Waals surface area contributed by atoms with Crippen molar-refractivity contribution in [1.82, 2.24) is 24.4 Å². The highest BCUT2D eigenvalue weighted by Crippen LogP contribution is 2.29. The van der Waals surface area contributed by atoms with Gasteiger partial charge in [0.15, 0.2) is 5.82 Å². The summed E-state index contributed by atoms with van der Waals surface area (Å²) in [6.07, 6.45) is -0.773. The van der Waals surface area contributed by atoms with Gasteiger partial charge in [-0.25, -0.2) is 13.8 Å². The lowest BCUT2D eigenvalue weighted by atomic mass is 10.1. The first-order valence-corrected chi connectivity index (χ1v) is 13.1. The highest BCUT2D eigenvalue weighted by molar-refractivity contribution is 5.78. The van der Waals surface area contributed by atoms with Crippen LogP contribution in [-0.4, -0.2) is 76.4 Å². The number of fused-ring (bicyclic) bond motifs is 1. The zero-order valence-electron chi connectivity index (χ0n) is 21.1. The molecule has 6 rings (SSSR count). The monoisotopic (exact) mass is 519 g/mol. The van der Waals surface area contributed by atoms with E-state index in [4.69, 9.17) is 14.7 Å². The standard InChI is InChI=1S/C28H31F2N7O/c29-26(30)27-32-22-8-4-5-9-23(22)37(27)25-18-24(36-14-16-38-17-15-36)33-28(34-25)31-21-11-13-35(19-21)12-10-20-6-2-1-3-7-20/h1-9,18,21,26H,10-17,19H2,(H,31,33,34)/t21-/m0/s1. The number of benzene rings is 2. The molecule has 38 heavy (non-hydrogen) atoms. The van der Waals surface area contributed by atoms with Crippen LogP contribution in [0.4, 0.5) is 20.5 Å². The van der Waals surface area contributed by atoms with Crippen LogP contribution in [0.1, 0.15) is 24.2 Å². The number of para-hydroxylation sites is 2. The molecule has 0 aliphatic carbocycles. The summed E-state index contributed by atoms with van der Waals surface area (Å²) in [5.74, 6) is 1.19. The molecule has 2 aliphatic rings. The number of hydrogen-bond donors (Lipinski definition) is 1. The summed E-state index contributed by atoms with van der Waals surface area (Å²) in [4.78, 5) is 18.3. The Labute approximate surface area is 220 Å². The maximum atomic E-state index is 14.1. The fourth-order valence-corrected chi connectivity index (χ4v) is 5.26. The molecule has 0 spiro atoms. The lowest BCUT2D eigenvalue weighted by Gasteiger charge is -2.28. The summed E-state index contributed by atoms with van der Waals surface area (Å²) >= 11 is 0. The fraction of sp³-hybridized carbons (Fsp3) is 0.393. The molecule has 2 fully saturated rings. The van der Waals surface area contributed by atoms with Crippen molar-refractivity contribution in [2.45, 2.75) is 25.3 Å². The molecule has 2 aromatic carbocycles. The van der Waals surface area contributed by atoms with E-state index in [0.717, 1.165) is 32.5 Å². The van der Waals surface area contributed by atoms with Gasteiger partial charge in [-0.05, 0) is 30.5 Å². The smallest absolute Gasteiger partial charge is 0.296 e. The van der Waals surface area contributed by atoms with Crippen LogP contribution >= 0.6 is 0 Å². The Hall–Kier alpha value is -3.63. The van der Waals surface area contributed by atoms with Crippen LogP contribution < -0.4 is 10.2 Å². The Kier molecular flexibility index (Phi) is 7.15. The quantitative estimate of drug-likeness (QED) is 0.372. The van der Waals surface area contributed by atoms with Gasteiger partial charge in [-0.15, -0.1) is 0 Å². The molecule has 198 valence electrons. The number of imidazole rings is 1. The average Bonchev–Trinajstić information content (AvgIpc) is 3.57. The van der Waals surface area contributed by atoms with Crippen molar-refractivity contribution in [3.8, 4) is 5.82 Å². The molecule has 0 amide bonds. The van der Waals surface area contributed by atoms with Gasteiger partial charge in [-0.1, -0.05) is 42.5 Å². The molecule has 8 nitrogen and oxygen atoms in total. The lowest BCUT2D eigenvalue weighted by Crippen LogP contribution is -2.37. The van der Waals surface area contributed by atoms with Crippen LogP contribution in [-0.2, 0) is 11.2 Å². The SMILES string of the molecule is FC(F)c1nc2ccccc2n1-c1cc(N2CCOCC2)nc(N[C@H]2CCN(CCc3ccccc3)C2)n1. The molecule has 1 N–H and O–H groups in total. The lowest BCUT2D eigenvalue weighted by molar-refractivity contribution is 0.122. The summed E-state index contributed by atoms with van der Waals surface area (Å²) in [5.41, 5.74) is 2.43. The number of nitrogens with one attached hydrogen (secondary N) is 1. The van der Waals surface area contributed by atoms with E-state index in [0.29, 0.717) is 54.9 Å². The van der Waals surface area contributed by atoms with Gasteiger partial charge in [0.05, 0.1) is 24.2 Å². The maximum absolute atomic E-state index is 14.1. The highest BCUT2D eigenvalue weighted by Gasteiger charge is 2.26. The van der Waals surface area contributed by atoms with Gasteiger partial charge in [0.2, 0.25) is 5.95 Å². The molecule has 4 heterocycles. The molecule has 0 unspecified atom stereocenters. The van der Waals surface area contributed by atoms with Crippen molar-refractivity contribution in [1.29, 1.82) is 0 Å². The van der Waals surface area contributed by atoms with Crippen molar-refractivity contribution < 1.29 is 13.5 Å². The minimum Gasteiger partial charge on any atom is -0.378 e. The number of hydrogen-bond acceptors (Lipinski definition) is 7. The topological polar surface area (TPSA) is 71.3 Å². The van der Waals surface area contributed by atoms with Crippen LogP contribution in [0.2, 0.25) is 0 Å². The number of aromatic nitrogens is 4. The Morgan fingerprint density at radius 1 is 0.921 bits per heavy atom. The number of rotatable bonds is 8. The van der Waals surface area contributed by atoms with Crippen molar-refractivity contribution >= 4 is 22.8 Å². The second-order valence-corrected chi connectivity index (χ2v) is 9.77. The third-order valence-electron chi connectivity index (χ3n) is 7.21. The predicted octanol–water partition coefficient (Wildman–Crippen LogP) is 4.32. The van der Waals surface area contributed by atoms with Gasteiger partial charge >= 0.3 is 0 Å². The maximum Gasteiger partial charge on any atom is 0.296 e. The van der Waals surface area contributed by atoms with E-state index in [1.165, 1.54) is 10.1 Å². The van der Waals surface area contributed by atoms with Crippen molar-refractivity contribution in [2.75, 3.05) is 56.2 Å². The molecular weight excluding hydrogens is 488 g/mol. The third kappa shape index (κ3) is 5.32. The molecule has 2 aromatic heterocycles. The summed E-state index contributed by atoms with van der Waals surface area (Å²) in [7, 11) is 0. The molecule has 0 radical (unpaired) electrons. The fourth-order valence-electron chi connectivity index (χ4n) is 5.26. The van der Waals surface area contributed by atoms with Gasteiger partial charge < -0.3 is 19.9 Å². The Morgan fingerprint density at radius 3 is 2.50 bits per heavy atom. The highest BCUT2D eigenvalue weighted by atomic mass is 19.3. The van der Waals surface area contributed by atoms with E-state index in [1.807, 2.05) is 12.1 Å². The molecule has 2 saturated heterocycles. The first kappa shape index (κ1) is 24.7. The minimum atomic E-state index is -2.74. The molecule has 10 heteroatoms. The second kappa shape index (κ2) is 11.0. The Balaban J connectivity index is 1.28. The van der Waals surface area contributed by atoms with Gasteiger partial charge in [-0.2, -0.15) is 9.97 Å². The molecule has 0 bridgehead atoms. The van der Waals surface area contributed by atoms with E-state index in [-0.39, 0.29) is 11.9 Å². The van der Waals surface area contributed by atoms with Crippen LogP contribution in [0, 0.1) is 0 Å². The first-order valence-electron chi connectivity index (χ1n) is 13.1. The van der Waals surface area contributed by atoms with Crippen molar-refractivity contribution in [3.63, 3.8) is 0 Å². The van der Waals surface area contributed by atoms with E-state index in [9.17, 15) is 8.78 Å². The van der Waals surface area contributed by atoms with E-state index in [1.54, 1.807) is 24.3 Å². The average molecular weight is 520 g/mol. The number of halogens is 2. The first-order chi connectivity index (χ1) is 18.6. The van der Waals surface area contributed by atoms with Crippen LogP contribution in [0.15, 0.2) is 60.7 Å². The number of morpholine rings is 1. The predicted molar refractivity (Wildman–Crippen MR) is 143 cm³/mol. The Morgan fingerprint density at radius 2 is 1.68 bits per heavy atom. The van der Waals surface area contributed by atoms with E-state index >= 15 is 0 Å². The second-order valence-electron chi connectivity index (χ2n) is 9.77. The van der Waals surface area contributed by atoms with Gasteiger partial charge in [0, 0.05) is 44.8 Å². The molecule has 4 aromatic rings. The van der Waals surface area contributed by atoms with Gasteiger partial charge in [-0.3, -0.25) is 4.57 Å². The number of likely N-dealkylation sites (tertiary alicyclic amines) is 1. The van der Waals surface area contributed by atoms with Crippen LogP contribution in [0.25, 0.3) is 16.9 Å². The molecular formula is C28H31F2N7O. The van der Waals surface area contributed by atoms with Crippen LogP contribution in [0.3, 0.4) is 0 Å². The van der Waals surface area contributed by atoms with Crippen molar-refractivity contribution in [3.05, 3.63) is 72.1 Å². The zero-order valence-corrected chi connectivity index (χ0v) is 21.1. The van der Waals surface area contributed by atoms with Crippen LogP contribution in [0.5, 0.6) is 0 Å². The number of anilines is 2. The number of alkyl halides is 2. The van der Waals surface area contributed by atoms with E-state index < -0.39 is 6.43 Å².